The van der Waals surface area contributed by atoms with Crippen molar-refractivity contribution in [3.05, 3.63) is 42.0 Å². The molecule has 0 N–H and O–H groups in total. The molecule has 0 unspecified atom stereocenters. The molecule has 0 aromatic heterocycles. The Labute approximate surface area is 138 Å². The molecule has 2 aliphatic rings. The fourth-order valence-corrected chi connectivity index (χ4v) is 5.11. The molecule has 6 heteroatoms. The third-order valence-corrected chi connectivity index (χ3v) is 6.75. The topological polar surface area (TPSA) is 49.9 Å². The van der Waals surface area contributed by atoms with E-state index in [1.165, 1.54) is 0 Å². The van der Waals surface area contributed by atoms with E-state index in [4.69, 9.17) is 4.74 Å². The van der Waals surface area contributed by atoms with Crippen molar-refractivity contribution in [2.45, 2.75) is 30.3 Å². The largest absolute Gasteiger partial charge is 0.383 e. The molecule has 1 saturated heterocycles. The third-order valence-electron chi connectivity index (χ3n) is 4.76. The van der Waals surface area contributed by atoms with Crippen molar-refractivity contribution in [2.24, 2.45) is 0 Å². The number of rotatable bonds is 4. The lowest BCUT2D eigenvalue weighted by Crippen LogP contribution is -2.62. The van der Waals surface area contributed by atoms with Crippen molar-refractivity contribution in [3.8, 4) is 0 Å². The normalized spacial score (nSPS) is 27.6. The molecular formula is C17H24N2O3S. The number of ether oxygens (including phenoxy) is 1. The molecule has 0 saturated carbocycles. The summed E-state index contributed by atoms with van der Waals surface area (Å²) >= 11 is 0. The molecule has 3 rings (SSSR count). The lowest BCUT2D eigenvalue weighted by Gasteiger charge is -2.50. The lowest BCUT2D eigenvalue weighted by molar-refractivity contribution is -0.0264. The van der Waals surface area contributed by atoms with Gasteiger partial charge in [0.1, 0.15) is 0 Å². The molecule has 5 nitrogen and oxygen atoms in total. The van der Waals surface area contributed by atoms with Gasteiger partial charge < -0.3 is 4.74 Å². The fourth-order valence-electron chi connectivity index (χ4n) is 3.46. The van der Waals surface area contributed by atoms with Crippen LogP contribution in [0.1, 0.15) is 12.0 Å². The molecule has 2 atom stereocenters. The van der Waals surface area contributed by atoms with Gasteiger partial charge >= 0.3 is 0 Å². The van der Waals surface area contributed by atoms with E-state index in [9.17, 15) is 8.42 Å². The second-order valence-electron chi connectivity index (χ2n) is 6.25. The first-order valence-corrected chi connectivity index (χ1v) is 9.43. The summed E-state index contributed by atoms with van der Waals surface area (Å²) in [6.07, 6.45) is 5.00. The highest BCUT2D eigenvalue weighted by atomic mass is 32.2. The molecule has 0 radical (unpaired) electrons. The first-order chi connectivity index (χ1) is 11.0. The fraction of sp³-hybridized carbons (Fsp3) is 0.529. The Kier molecular flexibility index (Phi) is 4.87. The summed E-state index contributed by atoms with van der Waals surface area (Å²) in [6.45, 7) is 4.40. The van der Waals surface area contributed by atoms with Crippen molar-refractivity contribution >= 4 is 10.0 Å². The van der Waals surface area contributed by atoms with E-state index >= 15 is 0 Å². The van der Waals surface area contributed by atoms with Crippen LogP contribution in [0.5, 0.6) is 0 Å². The second kappa shape index (κ2) is 6.73. The summed E-state index contributed by atoms with van der Waals surface area (Å²) in [5, 5.41) is 0. The summed E-state index contributed by atoms with van der Waals surface area (Å²) in [5.41, 5.74) is 0.793. The maximum absolute atomic E-state index is 13.0. The van der Waals surface area contributed by atoms with Crippen LogP contribution in [-0.2, 0) is 14.8 Å². The molecule has 0 spiro atoms. The first kappa shape index (κ1) is 16.6. The Bertz CT molecular complexity index is 687. The smallest absolute Gasteiger partial charge is 0.243 e. The molecule has 1 aromatic rings. The Morgan fingerprint density at radius 1 is 1.22 bits per heavy atom. The predicted octanol–water partition coefficient (Wildman–Crippen LogP) is 1.64. The van der Waals surface area contributed by atoms with Crippen LogP contribution in [0.15, 0.2) is 41.3 Å². The lowest BCUT2D eigenvalue weighted by atomic mass is 9.92. The van der Waals surface area contributed by atoms with Crippen molar-refractivity contribution < 1.29 is 13.2 Å². The predicted molar refractivity (Wildman–Crippen MR) is 89.9 cm³/mol. The van der Waals surface area contributed by atoms with Gasteiger partial charge in [-0.05, 0) is 25.0 Å². The molecule has 1 aromatic carbocycles. The minimum Gasteiger partial charge on any atom is -0.383 e. The first-order valence-electron chi connectivity index (χ1n) is 7.99. The highest BCUT2D eigenvalue weighted by molar-refractivity contribution is 7.89. The highest BCUT2D eigenvalue weighted by Gasteiger charge is 2.41. The van der Waals surface area contributed by atoms with E-state index in [0.717, 1.165) is 18.5 Å². The van der Waals surface area contributed by atoms with E-state index in [-0.39, 0.29) is 6.04 Å². The van der Waals surface area contributed by atoms with Gasteiger partial charge in [-0.3, -0.25) is 4.90 Å². The molecule has 0 bridgehead atoms. The Morgan fingerprint density at radius 3 is 2.70 bits per heavy atom. The average molecular weight is 336 g/mol. The molecule has 23 heavy (non-hydrogen) atoms. The highest BCUT2D eigenvalue weighted by Crippen LogP contribution is 2.30. The van der Waals surface area contributed by atoms with Gasteiger partial charge in [0.15, 0.2) is 0 Å². The van der Waals surface area contributed by atoms with Crippen LogP contribution in [-0.4, -0.2) is 63.1 Å². The van der Waals surface area contributed by atoms with Crippen LogP contribution >= 0.6 is 0 Å². The van der Waals surface area contributed by atoms with Crippen molar-refractivity contribution in [2.75, 3.05) is 33.4 Å². The van der Waals surface area contributed by atoms with E-state index < -0.39 is 10.0 Å². The van der Waals surface area contributed by atoms with Gasteiger partial charge in [0.25, 0.3) is 0 Å². The molecule has 0 amide bonds. The number of benzene rings is 1. The molecule has 0 aliphatic carbocycles. The van der Waals surface area contributed by atoms with Crippen molar-refractivity contribution in [1.29, 1.82) is 0 Å². The summed E-state index contributed by atoms with van der Waals surface area (Å²) in [6, 6.07) is 7.86. The Morgan fingerprint density at radius 2 is 1.96 bits per heavy atom. The zero-order valence-electron chi connectivity index (χ0n) is 13.7. The molecule has 1 fully saturated rings. The summed E-state index contributed by atoms with van der Waals surface area (Å²) < 4.78 is 32.9. The SMILES string of the molecule is COC[C@@H]1C[C@@H]2CN(S(=O)(=O)c3ccccc3C)C/C=C\CN12. The van der Waals surface area contributed by atoms with E-state index in [2.05, 4.69) is 11.0 Å². The van der Waals surface area contributed by atoms with E-state index in [1.807, 2.05) is 25.1 Å². The van der Waals surface area contributed by atoms with Crippen LogP contribution in [0.25, 0.3) is 0 Å². The zero-order valence-corrected chi connectivity index (χ0v) is 14.5. The van der Waals surface area contributed by atoms with Crippen molar-refractivity contribution in [1.82, 2.24) is 9.21 Å². The molecule has 126 valence electrons. The average Bonchev–Trinajstić information content (AvgIpc) is 2.49. The maximum atomic E-state index is 13.0. The van der Waals surface area contributed by atoms with Gasteiger partial charge in [-0.2, -0.15) is 4.31 Å². The maximum Gasteiger partial charge on any atom is 0.243 e. The van der Waals surface area contributed by atoms with E-state index in [1.54, 1.807) is 23.5 Å². The van der Waals surface area contributed by atoms with Crippen LogP contribution in [0.4, 0.5) is 0 Å². The van der Waals surface area contributed by atoms with Crippen LogP contribution in [0, 0.1) is 6.92 Å². The van der Waals surface area contributed by atoms with Crippen molar-refractivity contribution in [3.63, 3.8) is 0 Å². The number of nitrogens with zero attached hydrogens (tertiary/aromatic N) is 2. The van der Waals surface area contributed by atoms with Gasteiger partial charge in [-0.25, -0.2) is 8.42 Å². The number of hydrogen-bond acceptors (Lipinski definition) is 4. The third kappa shape index (κ3) is 3.21. The second-order valence-corrected chi connectivity index (χ2v) is 8.16. The monoisotopic (exact) mass is 336 g/mol. The Hall–Kier alpha value is -1.21. The Balaban J connectivity index is 1.82. The van der Waals surface area contributed by atoms with Gasteiger partial charge in [-0.1, -0.05) is 30.4 Å². The number of fused-ring (bicyclic) bond motifs is 1. The minimum atomic E-state index is -3.46. The molecule has 2 heterocycles. The number of methoxy groups -OCH3 is 1. The van der Waals surface area contributed by atoms with E-state index in [0.29, 0.717) is 30.6 Å². The van der Waals surface area contributed by atoms with Gasteiger partial charge in [-0.15, -0.1) is 0 Å². The zero-order chi connectivity index (χ0) is 16.4. The van der Waals surface area contributed by atoms with Gasteiger partial charge in [0.2, 0.25) is 10.0 Å². The number of aryl methyl sites for hydroxylation is 1. The quantitative estimate of drug-likeness (QED) is 0.785. The summed E-state index contributed by atoms with van der Waals surface area (Å²) in [4.78, 5) is 2.74. The number of sulfonamides is 1. The van der Waals surface area contributed by atoms with Gasteiger partial charge in [0, 0.05) is 38.8 Å². The standard InChI is InChI=1S/C17H24N2O3S/c1-14-7-3-4-8-17(14)23(20,21)18-9-5-6-10-19-15(12-18)11-16(19)13-22-2/h3-8,15-16H,9-13H2,1-2H3/b6-5-/t15-,16+/m1/s1. The summed E-state index contributed by atoms with van der Waals surface area (Å²) in [7, 11) is -1.75. The summed E-state index contributed by atoms with van der Waals surface area (Å²) in [5.74, 6) is 0. The van der Waals surface area contributed by atoms with Crippen LogP contribution < -0.4 is 0 Å². The van der Waals surface area contributed by atoms with Crippen LogP contribution in [0.3, 0.4) is 0 Å². The molecular weight excluding hydrogens is 312 g/mol. The number of hydrogen-bond donors (Lipinski definition) is 0. The molecule has 2 aliphatic heterocycles. The van der Waals surface area contributed by atoms with Crippen LogP contribution in [0.2, 0.25) is 0 Å². The minimum absolute atomic E-state index is 0.277. The van der Waals surface area contributed by atoms with Gasteiger partial charge in [0.05, 0.1) is 11.5 Å².